The van der Waals surface area contributed by atoms with Crippen molar-refractivity contribution in [1.82, 2.24) is 4.57 Å². The van der Waals surface area contributed by atoms with Gasteiger partial charge in [0.15, 0.2) is 0 Å². The van der Waals surface area contributed by atoms with E-state index < -0.39 is 46.8 Å². The molecule has 0 bridgehead atoms. The summed E-state index contributed by atoms with van der Waals surface area (Å²) in [6.07, 6.45) is 1.16. The maximum Gasteiger partial charge on any atom is 0.297 e. The third-order valence-corrected chi connectivity index (χ3v) is 7.44. The van der Waals surface area contributed by atoms with Gasteiger partial charge in [-0.15, -0.1) is 0 Å². The maximum absolute atomic E-state index is 13.0. The van der Waals surface area contributed by atoms with Gasteiger partial charge in [0.1, 0.15) is 15.5 Å². The molecule has 3 aromatic carbocycles. The van der Waals surface area contributed by atoms with E-state index in [2.05, 4.69) is 10.6 Å². The Morgan fingerprint density at radius 2 is 1.56 bits per heavy atom. The Hall–Kier alpha value is -4.64. The van der Waals surface area contributed by atoms with Gasteiger partial charge in [0.25, 0.3) is 37.7 Å². The largest absolute Gasteiger partial charge is 0.340 e. The topological polar surface area (TPSA) is 215 Å². The number of hydrogen-bond acceptors (Lipinski definition) is 8. The van der Waals surface area contributed by atoms with E-state index >= 15 is 0 Å². The van der Waals surface area contributed by atoms with Crippen molar-refractivity contribution >= 4 is 59.9 Å². The molecule has 2 amide bonds. The van der Waals surface area contributed by atoms with Crippen LogP contribution in [-0.4, -0.2) is 47.2 Å². The number of aryl methyl sites for hydroxylation is 1. The van der Waals surface area contributed by atoms with Crippen molar-refractivity contribution in [2.45, 2.75) is 9.79 Å². The highest BCUT2D eigenvalue weighted by Crippen LogP contribution is 2.34. The van der Waals surface area contributed by atoms with Gasteiger partial charge >= 0.3 is 0 Å². The first kappa shape index (κ1) is 27.4. The predicted molar refractivity (Wildman–Crippen MR) is 138 cm³/mol. The molecule has 0 aliphatic carbocycles. The van der Waals surface area contributed by atoms with Crippen LogP contribution in [-0.2, 0) is 27.3 Å². The number of hydrogen-bond donors (Lipinski definition) is 4. The number of nitrogens with zero attached hydrogens (tertiary/aromatic N) is 2. The summed E-state index contributed by atoms with van der Waals surface area (Å²) in [4.78, 5) is 34.5. The first-order valence-electron chi connectivity index (χ1n) is 10.7. The summed E-state index contributed by atoms with van der Waals surface area (Å²) in [6, 6.07) is 12.1. The minimum Gasteiger partial charge on any atom is -0.340 e. The van der Waals surface area contributed by atoms with Crippen LogP contribution in [0.5, 0.6) is 0 Å². The Kier molecular flexibility index (Phi) is 6.96. The van der Waals surface area contributed by atoms with E-state index in [1.807, 2.05) is 0 Å². The normalized spacial score (nSPS) is 11.8. The minimum atomic E-state index is -5.01. The molecule has 202 valence electrons. The molecule has 0 saturated carbocycles. The number of anilines is 2. The molecule has 1 heterocycles. The van der Waals surface area contributed by atoms with Crippen LogP contribution in [0.3, 0.4) is 0 Å². The van der Waals surface area contributed by atoms with E-state index in [-0.39, 0.29) is 39.1 Å². The molecule has 39 heavy (non-hydrogen) atoms. The van der Waals surface area contributed by atoms with Crippen molar-refractivity contribution in [3.05, 3.63) is 88.2 Å². The van der Waals surface area contributed by atoms with Crippen molar-refractivity contribution in [2.75, 3.05) is 10.6 Å². The standard InChI is InChI=1S/C23H18N4O10S2/c1-26-12-15(27(30)31)11-19(26)23(29)24-14-5-2-4-13(10-14)22(28)25-18-9-8-16-17(21(18)39(35,36)37)6-3-7-20(16)38(32,33)34/h2-12H,1H3,(H,24,29)(H,25,28)(H,32,33,34)(H,35,36,37). The van der Waals surface area contributed by atoms with E-state index in [1.165, 1.54) is 41.9 Å². The van der Waals surface area contributed by atoms with Gasteiger partial charge in [-0.3, -0.25) is 28.8 Å². The van der Waals surface area contributed by atoms with Gasteiger partial charge in [-0.05, 0) is 30.3 Å². The summed E-state index contributed by atoms with van der Waals surface area (Å²) in [6.45, 7) is 0. The lowest BCUT2D eigenvalue weighted by Gasteiger charge is -2.14. The molecule has 0 atom stereocenters. The van der Waals surface area contributed by atoms with Crippen LogP contribution in [0.15, 0.2) is 76.7 Å². The molecule has 0 spiro atoms. The zero-order valence-electron chi connectivity index (χ0n) is 19.7. The lowest BCUT2D eigenvalue weighted by Crippen LogP contribution is -2.17. The van der Waals surface area contributed by atoms with Gasteiger partial charge in [0.05, 0.1) is 16.8 Å². The Balaban J connectivity index is 1.67. The van der Waals surface area contributed by atoms with Crippen LogP contribution < -0.4 is 10.6 Å². The van der Waals surface area contributed by atoms with Gasteiger partial charge in [-0.2, -0.15) is 16.8 Å². The van der Waals surface area contributed by atoms with Crippen LogP contribution in [0.25, 0.3) is 10.8 Å². The predicted octanol–water partition coefficient (Wildman–Crippen LogP) is 3.08. The smallest absolute Gasteiger partial charge is 0.297 e. The van der Waals surface area contributed by atoms with E-state index in [1.54, 1.807) is 0 Å². The molecule has 14 nitrogen and oxygen atoms in total. The fourth-order valence-electron chi connectivity index (χ4n) is 3.90. The lowest BCUT2D eigenvalue weighted by atomic mass is 10.1. The zero-order valence-corrected chi connectivity index (χ0v) is 21.4. The van der Waals surface area contributed by atoms with Gasteiger partial charge in [0.2, 0.25) is 0 Å². The molecule has 4 aromatic rings. The highest BCUT2D eigenvalue weighted by Gasteiger charge is 2.25. The van der Waals surface area contributed by atoms with Crippen molar-refractivity contribution < 1.29 is 40.5 Å². The van der Waals surface area contributed by atoms with Crippen LogP contribution in [0.1, 0.15) is 20.8 Å². The summed E-state index contributed by atoms with van der Waals surface area (Å²) in [7, 11) is -8.31. The van der Waals surface area contributed by atoms with Crippen LogP contribution in [0, 0.1) is 10.1 Å². The third kappa shape index (κ3) is 5.63. The van der Waals surface area contributed by atoms with Crippen LogP contribution in [0.4, 0.5) is 17.1 Å². The van der Waals surface area contributed by atoms with Crippen molar-refractivity contribution in [3.8, 4) is 0 Å². The Morgan fingerprint density at radius 3 is 2.18 bits per heavy atom. The van der Waals surface area contributed by atoms with Gasteiger partial charge in [-0.1, -0.05) is 24.3 Å². The number of benzene rings is 3. The van der Waals surface area contributed by atoms with Crippen LogP contribution >= 0.6 is 0 Å². The fraction of sp³-hybridized carbons (Fsp3) is 0.0435. The molecule has 4 rings (SSSR count). The van der Waals surface area contributed by atoms with Crippen LogP contribution in [0.2, 0.25) is 0 Å². The quantitative estimate of drug-likeness (QED) is 0.144. The van der Waals surface area contributed by atoms with E-state index in [0.717, 1.165) is 36.5 Å². The van der Waals surface area contributed by atoms with E-state index in [9.17, 15) is 45.6 Å². The van der Waals surface area contributed by atoms with Crippen molar-refractivity contribution in [2.24, 2.45) is 7.05 Å². The molecular weight excluding hydrogens is 556 g/mol. The SMILES string of the molecule is Cn1cc([N+](=O)[O-])cc1C(=O)Nc1cccc(C(=O)Nc2ccc3c(S(=O)(=O)O)cccc3c2S(=O)(=O)O)c1. The highest BCUT2D eigenvalue weighted by atomic mass is 32.2. The number of carbonyl (C=O) groups is 2. The van der Waals surface area contributed by atoms with Gasteiger partial charge in [0, 0.05) is 35.1 Å². The minimum absolute atomic E-state index is 0.0187. The molecule has 0 radical (unpaired) electrons. The number of amides is 2. The molecule has 0 aliphatic rings. The van der Waals surface area contributed by atoms with Gasteiger partial charge in [-0.25, -0.2) is 0 Å². The molecule has 0 fully saturated rings. The average molecular weight is 575 g/mol. The number of fused-ring (bicyclic) bond motifs is 1. The number of aromatic nitrogens is 1. The Bertz CT molecular complexity index is 1900. The first-order valence-corrected chi connectivity index (χ1v) is 13.6. The Labute approximate surface area is 220 Å². The third-order valence-electron chi connectivity index (χ3n) is 5.57. The second-order valence-electron chi connectivity index (χ2n) is 8.18. The maximum atomic E-state index is 13.0. The number of nitrogens with one attached hydrogen (secondary N) is 2. The molecule has 0 unspecified atom stereocenters. The summed E-state index contributed by atoms with van der Waals surface area (Å²) in [5.41, 5.74) is -0.589. The first-order chi connectivity index (χ1) is 18.2. The molecule has 16 heteroatoms. The second kappa shape index (κ2) is 9.91. The molecule has 1 aromatic heterocycles. The summed E-state index contributed by atoms with van der Waals surface area (Å²) >= 11 is 0. The highest BCUT2D eigenvalue weighted by molar-refractivity contribution is 7.86. The second-order valence-corrected chi connectivity index (χ2v) is 10.9. The summed E-state index contributed by atoms with van der Waals surface area (Å²) < 4.78 is 68.5. The number of carbonyl (C=O) groups excluding carboxylic acids is 2. The van der Waals surface area contributed by atoms with Crippen molar-refractivity contribution in [1.29, 1.82) is 0 Å². The average Bonchev–Trinajstić information content (AvgIpc) is 3.24. The van der Waals surface area contributed by atoms with E-state index in [0.29, 0.717) is 0 Å². The summed E-state index contributed by atoms with van der Waals surface area (Å²) in [5, 5.41) is 15.3. The van der Waals surface area contributed by atoms with Crippen molar-refractivity contribution in [3.63, 3.8) is 0 Å². The molecule has 0 saturated heterocycles. The lowest BCUT2D eigenvalue weighted by molar-refractivity contribution is -0.384. The Morgan fingerprint density at radius 1 is 0.872 bits per heavy atom. The molecule has 0 aliphatic heterocycles. The van der Waals surface area contributed by atoms with E-state index in [4.69, 9.17) is 0 Å². The number of rotatable bonds is 7. The monoisotopic (exact) mass is 574 g/mol. The molecular formula is C23H18N4O10S2. The number of nitro groups is 1. The van der Waals surface area contributed by atoms with Gasteiger partial charge < -0.3 is 15.2 Å². The fourth-order valence-corrected chi connectivity index (χ4v) is 5.46. The zero-order chi connectivity index (χ0) is 28.7. The summed E-state index contributed by atoms with van der Waals surface area (Å²) in [5.74, 6) is -1.54. The molecule has 4 N–H and O–H groups in total.